The van der Waals surface area contributed by atoms with Gasteiger partial charge in [-0.25, -0.2) is 19.9 Å². The molecule has 86 heavy (non-hydrogen) atoms. The Kier molecular flexibility index (Phi) is 12.8. The highest BCUT2D eigenvalue weighted by Crippen LogP contribution is 2.51. The lowest BCUT2D eigenvalue weighted by atomic mass is 10.0. The molecule has 0 saturated carbocycles. The summed E-state index contributed by atoms with van der Waals surface area (Å²) in [6, 6.07) is 50.3. The number of halogens is 10. The van der Waals surface area contributed by atoms with Crippen LogP contribution in [0.4, 0.5) is 35.1 Å². The van der Waals surface area contributed by atoms with Crippen LogP contribution in [0.3, 0.4) is 0 Å². The van der Waals surface area contributed by atoms with E-state index in [0.717, 1.165) is 12.1 Å². The second-order valence-electron chi connectivity index (χ2n) is 20.7. The molecule has 14 rings (SSSR count). The van der Waals surface area contributed by atoms with Crippen LogP contribution in [0.25, 0.3) is 148 Å². The van der Waals surface area contributed by atoms with Gasteiger partial charge >= 0.3 is 22.6 Å². The van der Waals surface area contributed by atoms with E-state index < -0.39 is 39.4 Å². The van der Waals surface area contributed by atoms with Crippen molar-refractivity contribution in [3.05, 3.63) is 227 Å². The summed E-state index contributed by atoms with van der Waals surface area (Å²) >= 11 is 10.5. The van der Waals surface area contributed by atoms with E-state index in [1.165, 1.54) is 12.1 Å². The van der Waals surface area contributed by atoms with Gasteiger partial charge in [-0.05, 0) is 143 Å². The fourth-order valence-corrected chi connectivity index (χ4v) is 11.6. The first kappa shape index (κ1) is 54.1. The van der Waals surface area contributed by atoms with Crippen molar-refractivity contribution in [2.75, 3.05) is 0 Å². The molecular weight excluding hydrogens is 1150 g/mol. The second-order valence-corrected chi connectivity index (χ2v) is 21.6. The van der Waals surface area contributed by atoms with Gasteiger partial charge in [-0.1, -0.05) is 121 Å². The number of H-pyrrole nitrogens is 4. The fourth-order valence-electron chi connectivity index (χ4n) is 11.4. The van der Waals surface area contributed by atoms with Crippen LogP contribution in [0.15, 0.2) is 176 Å². The van der Waals surface area contributed by atoms with E-state index in [4.69, 9.17) is 43.1 Å². The molecule has 0 aliphatic carbocycles. The molecule has 8 nitrogen and oxygen atoms in total. The predicted octanol–water partition coefficient (Wildman–Crippen LogP) is 19.7. The van der Waals surface area contributed by atoms with Gasteiger partial charge in [0.2, 0.25) is 0 Å². The van der Waals surface area contributed by atoms with Crippen molar-refractivity contribution in [2.24, 2.45) is 0 Å². The Balaban J connectivity index is 1.19. The highest BCUT2D eigenvalue weighted by molar-refractivity contribution is 6.24. The topological polar surface area (TPSA) is 115 Å². The first-order valence-electron chi connectivity index (χ1n) is 26.8. The number of nitrogens with one attached hydrogen (secondary N) is 4. The number of hydrogen-bond donors (Lipinski definition) is 4. The normalized spacial score (nSPS) is 13.4. The molecule has 0 amide bonds. The van der Waals surface area contributed by atoms with E-state index >= 15 is 35.1 Å². The summed E-state index contributed by atoms with van der Waals surface area (Å²) < 4.78 is 125. The fraction of sp³-hybridized carbons (Fsp3) is 0.0588. The Morgan fingerprint density at radius 3 is 1.15 bits per heavy atom. The van der Waals surface area contributed by atoms with E-state index in [-0.39, 0.29) is 44.8 Å². The number of aromatic nitrogens is 8. The van der Waals surface area contributed by atoms with Gasteiger partial charge < -0.3 is 19.9 Å². The lowest BCUT2D eigenvalue weighted by Crippen LogP contribution is -2.36. The van der Waals surface area contributed by atoms with Crippen molar-refractivity contribution in [3.63, 3.8) is 0 Å². The Morgan fingerprint density at radius 2 is 0.686 bits per heavy atom. The lowest BCUT2D eigenvalue weighted by Gasteiger charge is -2.21. The van der Waals surface area contributed by atoms with E-state index in [2.05, 4.69) is 19.9 Å². The standard InChI is InChI=1S/C68H40Cl2F8N8/c69-67(75,76)65(71,72)43-35-57-61(39-17-9-3-10-18-39)49-27-31-53(83-49)63(51-29-25-47(81-51)59(37-13-5-1-6-14-37)45-23-21-41(79-45)33-55(43)85-57)64-52-30-26-48(82-52)60(38-15-7-2-8-16-38)46-24-22-42(80-46)34-56-44(66(73,74)68(70,77)78)36-58(86-56)62(40-19-11-4-12-20-40)50-28-32-54(64)84-50/h1-36,79,82-83,86H. The van der Waals surface area contributed by atoms with Crippen LogP contribution in [-0.2, 0) is 5.92 Å². The molecule has 422 valence electrons. The quantitative estimate of drug-likeness (QED) is 0.0851. The van der Waals surface area contributed by atoms with Gasteiger partial charge in [0.25, 0.3) is 0 Å². The zero-order valence-corrected chi connectivity index (χ0v) is 45.9. The van der Waals surface area contributed by atoms with Crippen LogP contribution >= 0.6 is 23.2 Å². The molecule has 0 saturated heterocycles. The number of allylic oxidation sites excluding steroid dienone is 1. The maximum absolute atomic E-state index is 16.3. The van der Waals surface area contributed by atoms with Gasteiger partial charge in [0.15, 0.2) is 0 Å². The Bertz CT molecular complexity index is 4900. The molecule has 0 radical (unpaired) electrons. The van der Waals surface area contributed by atoms with Crippen LogP contribution in [0.2, 0.25) is 0 Å². The molecule has 4 N–H and O–H groups in total. The average Bonchev–Trinajstić information content (AvgIpc) is 3.00. The van der Waals surface area contributed by atoms with Crippen LogP contribution in [0, 0.1) is 0 Å². The average molecular weight is 1190 g/mol. The minimum Gasteiger partial charge on any atom is -0.355 e. The van der Waals surface area contributed by atoms with Crippen LogP contribution in [0.5, 0.6) is 0 Å². The molecule has 0 fully saturated rings. The number of alkyl halides is 10. The number of rotatable bonds is 9. The number of benzene rings is 4. The largest absolute Gasteiger partial charge is 0.388 e. The van der Waals surface area contributed by atoms with Crippen molar-refractivity contribution < 1.29 is 35.1 Å². The van der Waals surface area contributed by atoms with E-state index in [1.54, 1.807) is 109 Å². The Morgan fingerprint density at radius 1 is 0.314 bits per heavy atom. The molecular formula is C68H40Cl2F8N8. The smallest absolute Gasteiger partial charge is 0.355 e. The maximum atomic E-state index is 16.3. The van der Waals surface area contributed by atoms with Crippen molar-refractivity contribution >= 4 is 115 Å². The third-order valence-corrected chi connectivity index (χ3v) is 15.8. The highest BCUT2D eigenvalue weighted by Gasteiger charge is 2.59. The van der Waals surface area contributed by atoms with Gasteiger partial charge in [0.1, 0.15) is 0 Å². The minimum absolute atomic E-state index is 0.00789. The highest BCUT2D eigenvalue weighted by atomic mass is 35.5. The summed E-state index contributed by atoms with van der Waals surface area (Å²) in [7, 11) is 0. The number of hydrogen-bond acceptors (Lipinski definition) is 4. The van der Waals surface area contributed by atoms with E-state index in [9.17, 15) is 0 Å². The summed E-state index contributed by atoms with van der Waals surface area (Å²) in [6.45, 7) is 0. The molecule has 0 spiro atoms. The first-order valence-corrected chi connectivity index (χ1v) is 27.6. The van der Waals surface area contributed by atoms with Crippen molar-refractivity contribution in [2.45, 2.75) is 22.6 Å². The van der Waals surface area contributed by atoms with Crippen LogP contribution < -0.4 is 0 Å². The predicted molar refractivity (Wildman–Crippen MR) is 328 cm³/mol. The van der Waals surface area contributed by atoms with Crippen LogP contribution in [0.1, 0.15) is 51.1 Å². The third kappa shape index (κ3) is 9.32. The first-order chi connectivity index (χ1) is 41.4. The molecule has 4 aromatic carbocycles. The molecule has 10 aromatic rings. The lowest BCUT2D eigenvalue weighted by molar-refractivity contribution is -0.163. The molecule has 4 aliphatic rings. The summed E-state index contributed by atoms with van der Waals surface area (Å²) in [5.74, 6) is -9.80. The van der Waals surface area contributed by atoms with Gasteiger partial charge in [0, 0.05) is 72.0 Å². The van der Waals surface area contributed by atoms with Gasteiger partial charge in [-0.15, -0.1) is 0 Å². The summed E-state index contributed by atoms with van der Waals surface area (Å²) in [6.07, 6.45) is 11.4. The molecule has 16 bridgehead atoms. The van der Waals surface area contributed by atoms with Crippen molar-refractivity contribution in [1.29, 1.82) is 0 Å². The third-order valence-electron chi connectivity index (χ3n) is 15.3. The van der Waals surface area contributed by atoms with Gasteiger partial charge in [0.05, 0.1) is 62.2 Å². The molecule has 0 unspecified atom stereocenters. The van der Waals surface area contributed by atoms with Crippen molar-refractivity contribution in [3.8, 4) is 55.6 Å². The number of fused-ring (bicyclic) bond motifs is 16. The van der Waals surface area contributed by atoms with Gasteiger partial charge in [-0.3, -0.25) is 0 Å². The summed E-state index contributed by atoms with van der Waals surface area (Å²) in [5, 5.41) is -10.0. The molecule has 18 heteroatoms. The molecule has 10 heterocycles. The summed E-state index contributed by atoms with van der Waals surface area (Å²) in [4.78, 5) is 34.0. The minimum atomic E-state index is -5.02. The monoisotopic (exact) mass is 1190 g/mol. The number of aromatic amines is 4. The zero-order chi connectivity index (χ0) is 59.3. The van der Waals surface area contributed by atoms with E-state index in [0.29, 0.717) is 94.9 Å². The number of nitrogens with zero attached hydrogens (tertiary/aromatic N) is 4. The van der Waals surface area contributed by atoms with Crippen molar-refractivity contribution in [1.82, 2.24) is 39.9 Å². The van der Waals surface area contributed by atoms with Gasteiger partial charge in [-0.2, -0.15) is 35.1 Å². The Labute approximate surface area is 493 Å². The maximum Gasteiger partial charge on any atom is 0.388 e. The second kappa shape index (κ2) is 20.4. The zero-order valence-electron chi connectivity index (χ0n) is 44.4. The van der Waals surface area contributed by atoms with Crippen LogP contribution in [-0.4, -0.2) is 56.6 Å². The van der Waals surface area contributed by atoms with E-state index in [1.807, 2.05) is 84.9 Å². The Hall–Kier alpha value is -9.90. The molecule has 6 aromatic heterocycles. The molecule has 0 atom stereocenters. The molecule has 4 aliphatic heterocycles. The summed E-state index contributed by atoms with van der Waals surface area (Å²) in [5.41, 5.74) is 6.51. The SMILES string of the molecule is FC(F)(Cl)C(F)(F)C1=Cc2nc1cc1ccc([nH]1)c(-c1ccccc1)c1nc(c(-c3c4nc(c(-c5ccccc5)c5cc(C(F)(F)C(F)(F)Cl)c(cc6nc(c(-c7ccccc7)c7ccc3[nH]7)C=C6)[nH]5)C=C4)c3ccc([nH]3)c2-c2ccccc2)C=C1.